The van der Waals surface area contributed by atoms with E-state index in [9.17, 15) is 9.59 Å². The Morgan fingerprint density at radius 1 is 0.800 bits per heavy atom. The highest BCUT2D eigenvalue weighted by molar-refractivity contribution is 5.94. The maximum absolute atomic E-state index is 11.3. The molecule has 0 aromatic rings. The third-order valence-electron chi connectivity index (χ3n) is 5.02. The first-order chi connectivity index (χ1) is 12.2. The molecule has 1 heterocycles. The molecule has 0 aromatic carbocycles. The van der Waals surface area contributed by atoms with Crippen molar-refractivity contribution < 1.29 is 14.3 Å². The summed E-state index contributed by atoms with van der Waals surface area (Å²) in [4.78, 5) is 22.3. The molecule has 3 nitrogen and oxygen atoms in total. The van der Waals surface area contributed by atoms with Gasteiger partial charge in [0.15, 0.2) is 0 Å². The standard InChI is InChI=1S/C22H38O3/c1-2-3-4-5-6-7-8-9-10-11-12-13-14-15-16-17-18-20-19-21(23)25-22(20)24/h16-17,20H,2-15,18-19H2,1H3/b17-16+/t20-/m0/s1. The van der Waals surface area contributed by atoms with Gasteiger partial charge in [0.25, 0.3) is 0 Å². The molecule has 0 unspecified atom stereocenters. The number of hydrogen-bond donors (Lipinski definition) is 0. The van der Waals surface area contributed by atoms with E-state index in [1.165, 1.54) is 83.5 Å². The molecule has 3 heteroatoms. The summed E-state index contributed by atoms with van der Waals surface area (Å²) in [5.41, 5.74) is 0. The van der Waals surface area contributed by atoms with Crippen molar-refractivity contribution in [1.29, 1.82) is 0 Å². The second-order valence-electron chi connectivity index (χ2n) is 7.43. The van der Waals surface area contributed by atoms with E-state index < -0.39 is 0 Å². The van der Waals surface area contributed by atoms with Gasteiger partial charge in [0.1, 0.15) is 0 Å². The number of cyclic esters (lactones) is 2. The summed E-state index contributed by atoms with van der Waals surface area (Å²) in [7, 11) is 0. The summed E-state index contributed by atoms with van der Waals surface area (Å²) >= 11 is 0. The lowest BCUT2D eigenvalue weighted by molar-refractivity contribution is -0.153. The molecule has 1 atom stereocenters. The van der Waals surface area contributed by atoms with E-state index in [2.05, 4.69) is 17.7 Å². The van der Waals surface area contributed by atoms with Crippen LogP contribution in [0.5, 0.6) is 0 Å². The number of hydrogen-bond acceptors (Lipinski definition) is 3. The molecule has 144 valence electrons. The van der Waals surface area contributed by atoms with Crippen LogP contribution in [0.25, 0.3) is 0 Å². The summed E-state index contributed by atoms with van der Waals surface area (Å²) in [6, 6.07) is 0. The number of esters is 2. The molecule has 0 aliphatic carbocycles. The fourth-order valence-electron chi connectivity index (χ4n) is 3.36. The zero-order valence-corrected chi connectivity index (χ0v) is 16.3. The van der Waals surface area contributed by atoms with Gasteiger partial charge in [-0.15, -0.1) is 0 Å². The first-order valence-corrected chi connectivity index (χ1v) is 10.6. The fraction of sp³-hybridized carbons (Fsp3) is 0.818. The lowest BCUT2D eigenvalue weighted by Crippen LogP contribution is -2.05. The Kier molecular flexibility index (Phi) is 13.3. The molecule has 1 aliphatic heterocycles. The Hall–Kier alpha value is -1.12. The molecule has 25 heavy (non-hydrogen) atoms. The summed E-state index contributed by atoms with van der Waals surface area (Å²) in [5, 5.41) is 0. The van der Waals surface area contributed by atoms with Crippen molar-refractivity contribution >= 4 is 11.9 Å². The topological polar surface area (TPSA) is 43.4 Å². The molecule has 1 rings (SSSR count). The number of rotatable bonds is 16. The minimum absolute atomic E-state index is 0.240. The van der Waals surface area contributed by atoms with E-state index in [-0.39, 0.29) is 24.3 Å². The average Bonchev–Trinajstić information content (AvgIpc) is 2.92. The maximum Gasteiger partial charge on any atom is 0.317 e. The molecule has 0 radical (unpaired) electrons. The van der Waals surface area contributed by atoms with Crippen molar-refractivity contribution in [2.75, 3.05) is 0 Å². The van der Waals surface area contributed by atoms with Crippen LogP contribution in [-0.4, -0.2) is 11.9 Å². The monoisotopic (exact) mass is 350 g/mol. The molecule has 0 saturated carbocycles. The number of ether oxygens (including phenoxy) is 1. The number of carbonyl (C=O) groups excluding carboxylic acids is 2. The van der Waals surface area contributed by atoms with Crippen LogP contribution < -0.4 is 0 Å². The van der Waals surface area contributed by atoms with Crippen LogP contribution in [0.1, 0.15) is 110 Å². The van der Waals surface area contributed by atoms with E-state index in [1.807, 2.05) is 6.08 Å². The van der Waals surface area contributed by atoms with Crippen molar-refractivity contribution in [2.24, 2.45) is 5.92 Å². The summed E-state index contributed by atoms with van der Waals surface area (Å²) in [6.07, 6.45) is 24.1. The van der Waals surface area contributed by atoms with Gasteiger partial charge in [-0.1, -0.05) is 96.1 Å². The Balaban J connectivity index is 1.78. The minimum Gasteiger partial charge on any atom is -0.393 e. The van der Waals surface area contributed by atoms with E-state index in [1.54, 1.807) is 0 Å². The van der Waals surface area contributed by atoms with Crippen LogP contribution in [0.4, 0.5) is 0 Å². The van der Waals surface area contributed by atoms with Crippen LogP contribution >= 0.6 is 0 Å². The molecule has 1 saturated heterocycles. The normalized spacial score (nSPS) is 17.6. The minimum atomic E-state index is -0.375. The molecule has 0 spiro atoms. The average molecular weight is 351 g/mol. The Morgan fingerprint density at radius 3 is 1.80 bits per heavy atom. The van der Waals surface area contributed by atoms with Gasteiger partial charge in [0.2, 0.25) is 0 Å². The van der Waals surface area contributed by atoms with E-state index in [0.717, 1.165) is 6.42 Å². The third-order valence-corrected chi connectivity index (χ3v) is 5.02. The highest BCUT2D eigenvalue weighted by Gasteiger charge is 2.31. The largest absolute Gasteiger partial charge is 0.393 e. The fourth-order valence-corrected chi connectivity index (χ4v) is 3.36. The van der Waals surface area contributed by atoms with Crippen molar-refractivity contribution in [1.82, 2.24) is 0 Å². The van der Waals surface area contributed by atoms with Gasteiger partial charge in [0, 0.05) is 0 Å². The van der Waals surface area contributed by atoms with Gasteiger partial charge < -0.3 is 4.74 Å². The molecule has 0 N–H and O–H groups in total. The number of unbranched alkanes of at least 4 members (excludes halogenated alkanes) is 13. The van der Waals surface area contributed by atoms with Crippen LogP contribution in [0.2, 0.25) is 0 Å². The lowest BCUT2D eigenvalue weighted by Gasteiger charge is -2.02. The third kappa shape index (κ3) is 12.0. The summed E-state index contributed by atoms with van der Waals surface area (Å²) < 4.78 is 4.54. The molecule has 1 aliphatic rings. The maximum atomic E-state index is 11.3. The van der Waals surface area contributed by atoms with Gasteiger partial charge in [-0.05, 0) is 19.3 Å². The first kappa shape index (κ1) is 21.9. The highest BCUT2D eigenvalue weighted by Crippen LogP contribution is 2.20. The second kappa shape index (κ2) is 15.2. The van der Waals surface area contributed by atoms with Gasteiger partial charge in [-0.25, -0.2) is 0 Å². The van der Waals surface area contributed by atoms with Crippen molar-refractivity contribution in [3.05, 3.63) is 12.2 Å². The van der Waals surface area contributed by atoms with Crippen LogP contribution in [0, 0.1) is 5.92 Å². The van der Waals surface area contributed by atoms with E-state index in [0.29, 0.717) is 6.42 Å². The van der Waals surface area contributed by atoms with E-state index in [4.69, 9.17) is 0 Å². The SMILES string of the molecule is CCCCCCCCCCCCCCC/C=C/C[C@H]1CC(=O)OC1=O. The number of allylic oxidation sites excluding steroid dienone is 2. The molecular weight excluding hydrogens is 312 g/mol. The predicted octanol–water partition coefficient (Wildman–Crippen LogP) is 6.50. The summed E-state index contributed by atoms with van der Waals surface area (Å²) in [6.45, 7) is 2.27. The van der Waals surface area contributed by atoms with Crippen LogP contribution in [0.15, 0.2) is 12.2 Å². The Morgan fingerprint density at radius 2 is 1.32 bits per heavy atom. The molecule has 1 fully saturated rings. The predicted molar refractivity (Wildman–Crippen MR) is 103 cm³/mol. The zero-order valence-electron chi connectivity index (χ0n) is 16.3. The Bertz CT molecular complexity index is 387. The molecule has 0 aromatic heterocycles. The zero-order chi connectivity index (χ0) is 18.2. The Labute approximate surface area is 154 Å². The van der Waals surface area contributed by atoms with Gasteiger partial charge in [-0.2, -0.15) is 0 Å². The highest BCUT2D eigenvalue weighted by atomic mass is 16.6. The van der Waals surface area contributed by atoms with Crippen molar-refractivity contribution in [3.63, 3.8) is 0 Å². The lowest BCUT2D eigenvalue weighted by atomic mass is 10.0. The quantitative estimate of drug-likeness (QED) is 0.138. The summed E-state index contributed by atoms with van der Waals surface area (Å²) in [5.74, 6) is -0.967. The first-order valence-electron chi connectivity index (χ1n) is 10.6. The molecule has 0 bridgehead atoms. The van der Waals surface area contributed by atoms with Crippen molar-refractivity contribution in [2.45, 2.75) is 110 Å². The van der Waals surface area contributed by atoms with Crippen molar-refractivity contribution in [3.8, 4) is 0 Å². The van der Waals surface area contributed by atoms with Gasteiger partial charge in [-0.3, -0.25) is 9.59 Å². The number of carbonyl (C=O) groups is 2. The molecular formula is C22H38O3. The van der Waals surface area contributed by atoms with Crippen LogP contribution in [0.3, 0.4) is 0 Å². The van der Waals surface area contributed by atoms with Gasteiger partial charge >= 0.3 is 11.9 Å². The van der Waals surface area contributed by atoms with E-state index >= 15 is 0 Å². The molecule has 0 amide bonds. The van der Waals surface area contributed by atoms with Gasteiger partial charge in [0.05, 0.1) is 12.3 Å². The van der Waals surface area contributed by atoms with Crippen LogP contribution in [-0.2, 0) is 14.3 Å². The second-order valence-corrected chi connectivity index (χ2v) is 7.43. The smallest absolute Gasteiger partial charge is 0.317 e.